The van der Waals surface area contributed by atoms with E-state index < -0.39 is 0 Å². The van der Waals surface area contributed by atoms with Crippen molar-refractivity contribution in [2.75, 3.05) is 18.7 Å². The number of benzene rings is 2. The van der Waals surface area contributed by atoms with Crippen molar-refractivity contribution in [2.24, 2.45) is 0 Å². The first-order chi connectivity index (χ1) is 14.7. The first-order valence-electron chi connectivity index (χ1n) is 9.86. The zero-order valence-corrected chi connectivity index (χ0v) is 17.2. The predicted octanol–water partition coefficient (Wildman–Crippen LogP) is 4.08. The molecule has 1 N–H and O–H groups in total. The van der Waals surface area contributed by atoms with Crippen LogP contribution >= 0.6 is 11.3 Å². The van der Waals surface area contributed by atoms with Gasteiger partial charge in [0.1, 0.15) is 0 Å². The fraction of sp³-hybridized carbons (Fsp3) is 0.217. The van der Waals surface area contributed by atoms with E-state index in [-0.39, 0.29) is 12.7 Å². The van der Waals surface area contributed by atoms with E-state index in [0.29, 0.717) is 10.9 Å². The monoisotopic (exact) mass is 419 g/mol. The SMILES string of the molecule is O=C(C=Cc1ccc2c(c1)OCO2)Nc1nc2c(s1)CN(Cc1ccccc1)CC2. The van der Waals surface area contributed by atoms with Crippen molar-refractivity contribution < 1.29 is 14.3 Å². The van der Waals surface area contributed by atoms with Gasteiger partial charge in [0.2, 0.25) is 12.7 Å². The van der Waals surface area contributed by atoms with Crippen molar-refractivity contribution in [3.63, 3.8) is 0 Å². The van der Waals surface area contributed by atoms with Crippen LogP contribution in [-0.2, 0) is 24.3 Å². The lowest BCUT2D eigenvalue weighted by molar-refractivity contribution is -0.111. The number of thiazole rings is 1. The summed E-state index contributed by atoms with van der Waals surface area (Å²) in [4.78, 5) is 20.6. The van der Waals surface area contributed by atoms with Crippen molar-refractivity contribution in [3.8, 4) is 11.5 Å². The molecule has 0 saturated heterocycles. The van der Waals surface area contributed by atoms with Crippen molar-refractivity contribution in [3.05, 3.63) is 76.3 Å². The highest BCUT2D eigenvalue weighted by atomic mass is 32.1. The Balaban J connectivity index is 1.20. The second-order valence-electron chi connectivity index (χ2n) is 7.27. The Morgan fingerprint density at radius 2 is 2.03 bits per heavy atom. The molecule has 0 bridgehead atoms. The standard InChI is InChI=1S/C23H21N3O3S/c27-22(9-7-16-6-8-19-20(12-16)29-15-28-19)25-23-24-18-10-11-26(14-21(18)30-23)13-17-4-2-1-3-5-17/h1-9,12H,10-11,13-15H2,(H,24,25,27). The molecule has 0 radical (unpaired) electrons. The number of hydrogen-bond acceptors (Lipinski definition) is 6. The van der Waals surface area contributed by atoms with E-state index in [1.807, 2.05) is 24.3 Å². The van der Waals surface area contributed by atoms with Gasteiger partial charge in [-0.2, -0.15) is 0 Å². The van der Waals surface area contributed by atoms with Crippen molar-refractivity contribution in [1.29, 1.82) is 0 Å². The minimum absolute atomic E-state index is 0.195. The fourth-order valence-electron chi connectivity index (χ4n) is 3.61. The summed E-state index contributed by atoms with van der Waals surface area (Å²) >= 11 is 1.56. The highest BCUT2D eigenvalue weighted by Gasteiger charge is 2.21. The largest absolute Gasteiger partial charge is 0.454 e. The Labute approximate surface area is 178 Å². The lowest BCUT2D eigenvalue weighted by Gasteiger charge is -2.25. The van der Waals surface area contributed by atoms with Gasteiger partial charge in [0.15, 0.2) is 16.6 Å². The minimum atomic E-state index is -0.195. The van der Waals surface area contributed by atoms with Gasteiger partial charge in [-0.15, -0.1) is 11.3 Å². The summed E-state index contributed by atoms with van der Waals surface area (Å²) in [6.07, 6.45) is 4.17. The molecular weight excluding hydrogens is 398 g/mol. The number of fused-ring (bicyclic) bond motifs is 2. The number of ether oxygens (including phenoxy) is 2. The van der Waals surface area contributed by atoms with Gasteiger partial charge in [0.25, 0.3) is 0 Å². The second kappa shape index (κ2) is 8.30. The van der Waals surface area contributed by atoms with Gasteiger partial charge in [-0.05, 0) is 29.3 Å². The lowest BCUT2D eigenvalue weighted by Crippen LogP contribution is -2.29. The molecule has 0 fully saturated rings. The van der Waals surface area contributed by atoms with Gasteiger partial charge >= 0.3 is 0 Å². The summed E-state index contributed by atoms with van der Waals surface area (Å²) in [5.41, 5.74) is 3.29. The van der Waals surface area contributed by atoms with Crippen LogP contribution < -0.4 is 14.8 Å². The van der Waals surface area contributed by atoms with E-state index in [0.717, 1.165) is 43.1 Å². The Kier molecular flexibility index (Phi) is 5.21. The Bertz CT molecular complexity index is 1090. The highest BCUT2D eigenvalue weighted by Crippen LogP contribution is 2.33. The van der Waals surface area contributed by atoms with Gasteiger partial charge in [0.05, 0.1) is 5.69 Å². The van der Waals surface area contributed by atoms with Crippen LogP contribution in [0.4, 0.5) is 5.13 Å². The third-order valence-corrected chi connectivity index (χ3v) is 6.11. The number of aromatic nitrogens is 1. The molecule has 2 aromatic carbocycles. The van der Waals surface area contributed by atoms with Gasteiger partial charge in [0, 0.05) is 37.0 Å². The van der Waals surface area contributed by atoms with Crippen molar-refractivity contribution in [2.45, 2.75) is 19.5 Å². The number of nitrogens with one attached hydrogen (secondary N) is 1. The maximum absolute atomic E-state index is 12.3. The molecular formula is C23H21N3O3S. The van der Waals surface area contributed by atoms with Gasteiger partial charge in [-0.25, -0.2) is 4.98 Å². The molecule has 3 aromatic rings. The topological polar surface area (TPSA) is 63.7 Å². The van der Waals surface area contributed by atoms with Crippen LogP contribution in [0.15, 0.2) is 54.6 Å². The molecule has 2 aliphatic heterocycles. The van der Waals surface area contributed by atoms with E-state index in [1.165, 1.54) is 16.5 Å². The Morgan fingerprint density at radius 1 is 1.17 bits per heavy atom. The van der Waals surface area contributed by atoms with E-state index in [4.69, 9.17) is 9.47 Å². The average Bonchev–Trinajstić information content (AvgIpc) is 3.38. The third kappa shape index (κ3) is 4.22. The van der Waals surface area contributed by atoms with Crippen molar-refractivity contribution >= 4 is 28.5 Å². The lowest BCUT2D eigenvalue weighted by atomic mass is 10.1. The first-order valence-corrected chi connectivity index (χ1v) is 10.7. The molecule has 2 aliphatic rings. The number of carbonyl (C=O) groups excluding carboxylic acids is 1. The molecule has 6 nitrogen and oxygen atoms in total. The molecule has 152 valence electrons. The summed E-state index contributed by atoms with van der Waals surface area (Å²) in [6.45, 7) is 3.01. The summed E-state index contributed by atoms with van der Waals surface area (Å²) in [5.74, 6) is 1.23. The van der Waals surface area contributed by atoms with Crippen LogP contribution in [0, 0.1) is 0 Å². The van der Waals surface area contributed by atoms with Crippen LogP contribution in [0.1, 0.15) is 21.7 Å². The molecule has 3 heterocycles. The predicted molar refractivity (Wildman–Crippen MR) is 117 cm³/mol. The molecule has 1 amide bonds. The molecule has 0 aliphatic carbocycles. The smallest absolute Gasteiger partial charge is 0.250 e. The average molecular weight is 420 g/mol. The number of anilines is 1. The maximum atomic E-state index is 12.3. The summed E-state index contributed by atoms with van der Waals surface area (Å²) < 4.78 is 10.7. The highest BCUT2D eigenvalue weighted by molar-refractivity contribution is 7.15. The van der Waals surface area contributed by atoms with E-state index in [2.05, 4.69) is 39.5 Å². The molecule has 0 unspecified atom stereocenters. The quantitative estimate of drug-likeness (QED) is 0.632. The Hall–Kier alpha value is -3.16. The van der Waals surface area contributed by atoms with Crippen LogP contribution in [-0.4, -0.2) is 29.1 Å². The van der Waals surface area contributed by atoms with Gasteiger partial charge in [-0.3, -0.25) is 15.0 Å². The van der Waals surface area contributed by atoms with Crippen LogP contribution in [0.2, 0.25) is 0 Å². The fourth-order valence-corrected chi connectivity index (χ4v) is 4.67. The van der Waals surface area contributed by atoms with Crippen LogP contribution in [0.3, 0.4) is 0 Å². The second-order valence-corrected chi connectivity index (χ2v) is 8.35. The molecule has 0 atom stereocenters. The summed E-state index contributed by atoms with van der Waals surface area (Å²) in [6, 6.07) is 16.1. The molecule has 7 heteroatoms. The molecule has 0 spiro atoms. The number of hydrogen-bond donors (Lipinski definition) is 1. The normalized spacial score (nSPS) is 15.3. The first kappa shape index (κ1) is 18.8. The molecule has 0 saturated carbocycles. The van der Waals surface area contributed by atoms with E-state index in [9.17, 15) is 4.79 Å². The van der Waals surface area contributed by atoms with Crippen molar-refractivity contribution in [1.82, 2.24) is 9.88 Å². The number of nitrogens with zero attached hydrogens (tertiary/aromatic N) is 2. The molecule has 30 heavy (non-hydrogen) atoms. The number of carbonyl (C=O) groups is 1. The molecule has 1 aromatic heterocycles. The van der Waals surface area contributed by atoms with Crippen LogP contribution in [0.25, 0.3) is 6.08 Å². The van der Waals surface area contributed by atoms with E-state index >= 15 is 0 Å². The number of amides is 1. The minimum Gasteiger partial charge on any atom is -0.454 e. The van der Waals surface area contributed by atoms with Gasteiger partial charge < -0.3 is 9.47 Å². The number of rotatable bonds is 5. The van der Waals surface area contributed by atoms with Crippen LogP contribution in [0.5, 0.6) is 11.5 Å². The zero-order valence-electron chi connectivity index (χ0n) is 16.3. The third-order valence-electron chi connectivity index (χ3n) is 5.11. The van der Waals surface area contributed by atoms with E-state index in [1.54, 1.807) is 17.4 Å². The zero-order chi connectivity index (χ0) is 20.3. The maximum Gasteiger partial charge on any atom is 0.250 e. The molecule has 5 rings (SSSR count). The summed E-state index contributed by atoms with van der Waals surface area (Å²) in [5, 5.41) is 3.55. The van der Waals surface area contributed by atoms with Gasteiger partial charge in [-0.1, -0.05) is 36.4 Å². The Morgan fingerprint density at radius 3 is 2.93 bits per heavy atom. The summed E-state index contributed by atoms with van der Waals surface area (Å²) in [7, 11) is 0.